The number of hydrogen-bond acceptors (Lipinski definition) is 2. The summed E-state index contributed by atoms with van der Waals surface area (Å²) in [7, 11) is 1.77. The first kappa shape index (κ1) is 14.7. The maximum Gasteiger partial charge on any atom is 0.0692 e. The lowest BCUT2D eigenvalue weighted by Crippen LogP contribution is -2.28. The molecule has 0 amide bonds. The molecule has 16 heavy (non-hydrogen) atoms. The molecule has 0 bridgehead atoms. The fourth-order valence-electron chi connectivity index (χ4n) is 1.97. The summed E-state index contributed by atoms with van der Waals surface area (Å²) < 4.78 is 12.1. The SMILES string of the molecule is COC(C)(C)CCOC1CCCCCC1I. The molecule has 1 saturated carbocycles. The highest BCUT2D eigenvalue weighted by molar-refractivity contribution is 14.1. The summed E-state index contributed by atoms with van der Waals surface area (Å²) in [6.45, 7) is 5.06. The van der Waals surface area contributed by atoms with Crippen molar-refractivity contribution in [1.82, 2.24) is 0 Å². The van der Waals surface area contributed by atoms with E-state index in [0.717, 1.165) is 13.0 Å². The number of rotatable bonds is 5. The molecule has 0 saturated heterocycles. The van der Waals surface area contributed by atoms with Gasteiger partial charge in [-0.1, -0.05) is 41.9 Å². The van der Waals surface area contributed by atoms with E-state index in [9.17, 15) is 0 Å². The normalized spacial score (nSPS) is 27.8. The Morgan fingerprint density at radius 2 is 1.88 bits per heavy atom. The molecule has 1 rings (SSSR count). The van der Waals surface area contributed by atoms with Crippen LogP contribution >= 0.6 is 22.6 Å². The third-order valence-electron chi connectivity index (χ3n) is 3.46. The van der Waals surface area contributed by atoms with Crippen LogP contribution in [0, 0.1) is 0 Å². The van der Waals surface area contributed by atoms with E-state index in [1.165, 1.54) is 32.1 Å². The number of halogens is 1. The van der Waals surface area contributed by atoms with Gasteiger partial charge in [0.25, 0.3) is 0 Å². The highest BCUT2D eigenvalue weighted by Gasteiger charge is 2.23. The molecule has 1 aliphatic carbocycles. The van der Waals surface area contributed by atoms with E-state index in [-0.39, 0.29) is 5.60 Å². The molecule has 3 heteroatoms. The zero-order chi connectivity index (χ0) is 12.0. The third kappa shape index (κ3) is 5.32. The first-order valence-corrected chi connectivity index (χ1v) is 7.60. The fourth-order valence-corrected chi connectivity index (χ4v) is 2.98. The van der Waals surface area contributed by atoms with E-state index >= 15 is 0 Å². The van der Waals surface area contributed by atoms with Crippen molar-refractivity contribution < 1.29 is 9.47 Å². The number of hydrogen-bond donors (Lipinski definition) is 0. The van der Waals surface area contributed by atoms with Crippen LogP contribution in [0.5, 0.6) is 0 Å². The van der Waals surface area contributed by atoms with Crippen LogP contribution in [0.1, 0.15) is 52.4 Å². The summed E-state index contributed by atoms with van der Waals surface area (Å²) in [6.07, 6.45) is 8.08. The molecule has 2 atom stereocenters. The predicted molar refractivity (Wildman–Crippen MR) is 76.3 cm³/mol. The first-order valence-electron chi connectivity index (χ1n) is 6.36. The second kappa shape index (κ2) is 7.17. The molecule has 0 heterocycles. The standard InChI is InChI=1S/C13H25IO2/c1-13(2,15-3)9-10-16-12-8-6-4-5-7-11(12)14/h11-12H,4-10H2,1-3H3. The monoisotopic (exact) mass is 340 g/mol. The van der Waals surface area contributed by atoms with Gasteiger partial charge >= 0.3 is 0 Å². The minimum absolute atomic E-state index is 0.0501. The summed E-state index contributed by atoms with van der Waals surface area (Å²) in [5.41, 5.74) is -0.0501. The molecule has 1 aliphatic rings. The lowest BCUT2D eigenvalue weighted by molar-refractivity contribution is -0.0273. The van der Waals surface area contributed by atoms with Gasteiger partial charge in [0, 0.05) is 17.6 Å². The van der Waals surface area contributed by atoms with Crippen molar-refractivity contribution in [1.29, 1.82) is 0 Å². The molecule has 0 radical (unpaired) electrons. The van der Waals surface area contributed by atoms with E-state index in [0.29, 0.717) is 10.0 Å². The molecule has 0 N–H and O–H groups in total. The van der Waals surface area contributed by atoms with Gasteiger partial charge in [0.2, 0.25) is 0 Å². The molecule has 0 aliphatic heterocycles. The van der Waals surface area contributed by atoms with Crippen molar-refractivity contribution >= 4 is 22.6 Å². The van der Waals surface area contributed by atoms with E-state index in [2.05, 4.69) is 36.4 Å². The maximum absolute atomic E-state index is 6.03. The molecule has 0 aromatic rings. The Balaban J connectivity index is 2.25. The summed E-state index contributed by atoms with van der Waals surface area (Å²) in [4.78, 5) is 0. The summed E-state index contributed by atoms with van der Waals surface area (Å²) in [6, 6.07) is 0. The van der Waals surface area contributed by atoms with Gasteiger partial charge in [-0.05, 0) is 33.1 Å². The zero-order valence-corrected chi connectivity index (χ0v) is 13.0. The van der Waals surface area contributed by atoms with E-state index < -0.39 is 0 Å². The van der Waals surface area contributed by atoms with Crippen LogP contribution in [0.25, 0.3) is 0 Å². The van der Waals surface area contributed by atoms with Crippen molar-refractivity contribution in [3.63, 3.8) is 0 Å². The minimum Gasteiger partial charge on any atom is -0.379 e. The van der Waals surface area contributed by atoms with Crippen LogP contribution in [0.2, 0.25) is 0 Å². The largest absolute Gasteiger partial charge is 0.379 e. The van der Waals surface area contributed by atoms with Gasteiger partial charge in [-0.25, -0.2) is 0 Å². The first-order chi connectivity index (χ1) is 7.55. The second-order valence-electron chi connectivity index (χ2n) is 5.28. The van der Waals surface area contributed by atoms with Crippen molar-refractivity contribution in [3.05, 3.63) is 0 Å². The molecule has 96 valence electrons. The van der Waals surface area contributed by atoms with Crippen molar-refractivity contribution in [2.45, 2.75) is 68.0 Å². The lowest BCUT2D eigenvalue weighted by Gasteiger charge is -2.26. The summed E-state index contributed by atoms with van der Waals surface area (Å²) in [5, 5.41) is 0. The molecule has 2 nitrogen and oxygen atoms in total. The zero-order valence-electron chi connectivity index (χ0n) is 10.8. The van der Waals surface area contributed by atoms with Crippen molar-refractivity contribution in [3.8, 4) is 0 Å². The Hall–Kier alpha value is 0.650. The maximum atomic E-state index is 6.03. The molecular formula is C13H25IO2. The van der Waals surface area contributed by atoms with Crippen LogP contribution in [0.15, 0.2) is 0 Å². The van der Waals surface area contributed by atoms with E-state index in [1.54, 1.807) is 7.11 Å². The van der Waals surface area contributed by atoms with Gasteiger partial charge in [0.05, 0.1) is 11.7 Å². The average molecular weight is 340 g/mol. The smallest absolute Gasteiger partial charge is 0.0692 e. The lowest BCUT2D eigenvalue weighted by atomic mass is 10.1. The molecule has 2 unspecified atom stereocenters. The molecule has 0 aromatic heterocycles. The predicted octanol–water partition coefficient (Wildman–Crippen LogP) is 3.95. The highest BCUT2D eigenvalue weighted by Crippen LogP contribution is 2.27. The van der Waals surface area contributed by atoms with Crippen LogP contribution in [0.4, 0.5) is 0 Å². The van der Waals surface area contributed by atoms with Crippen molar-refractivity contribution in [2.24, 2.45) is 0 Å². The minimum atomic E-state index is -0.0501. The fraction of sp³-hybridized carbons (Fsp3) is 1.00. The van der Waals surface area contributed by atoms with Crippen LogP contribution in [0.3, 0.4) is 0 Å². The second-order valence-corrected chi connectivity index (χ2v) is 6.88. The van der Waals surface area contributed by atoms with Gasteiger partial charge < -0.3 is 9.47 Å². The quantitative estimate of drug-likeness (QED) is 0.429. The third-order valence-corrected chi connectivity index (χ3v) is 4.89. The van der Waals surface area contributed by atoms with Crippen LogP contribution in [-0.4, -0.2) is 29.3 Å². The Labute approximate surface area is 114 Å². The molecule has 1 fully saturated rings. The molecule has 0 aromatic carbocycles. The van der Waals surface area contributed by atoms with Crippen LogP contribution in [-0.2, 0) is 9.47 Å². The molecular weight excluding hydrogens is 315 g/mol. The number of alkyl halides is 1. The van der Waals surface area contributed by atoms with Gasteiger partial charge in [0.15, 0.2) is 0 Å². The topological polar surface area (TPSA) is 18.5 Å². The summed E-state index contributed by atoms with van der Waals surface area (Å²) >= 11 is 2.56. The Bertz CT molecular complexity index is 194. The summed E-state index contributed by atoms with van der Waals surface area (Å²) in [5.74, 6) is 0. The Morgan fingerprint density at radius 3 is 2.56 bits per heavy atom. The van der Waals surface area contributed by atoms with Gasteiger partial charge in [-0.15, -0.1) is 0 Å². The van der Waals surface area contributed by atoms with Gasteiger partial charge in [-0.2, -0.15) is 0 Å². The number of ether oxygens (including phenoxy) is 2. The highest BCUT2D eigenvalue weighted by atomic mass is 127. The van der Waals surface area contributed by atoms with E-state index in [4.69, 9.17) is 9.47 Å². The Morgan fingerprint density at radius 1 is 1.19 bits per heavy atom. The Kier molecular flexibility index (Phi) is 6.59. The van der Waals surface area contributed by atoms with Crippen molar-refractivity contribution in [2.75, 3.05) is 13.7 Å². The van der Waals surface area contributed by atoms with Gasteiger partial charge in [-0.3, -0.25) is 0 Å². The number of methoxy groups -OCH3 is 1. The molecule has 0 spiro atoms. The van der Waals surface area contributed by atoms with E-state index in [1.807, 2.05) is 0 Å². The van der Waals surface area contributed by atoms with Gasteiger partial charge in [0.1, 0.15) is 0 Å². The average Bonchev–Trinajstić information content (AvgIpc) is 2.44. The van der Waals surface area contributed by atoms with Crippen LogP contribution < -0.4 is 0 Å².